The van der Waals surface area contributed by atoms with E-state index in [9.17, 15) is 4.79 Å². The van der Waals surface area contributed by atoms with Gasteiger partial charge in [-0.25, -0.2) is 0 Å². The molecule has 0 fully saturated rings. The summed E-state index contributed by atoms with van der Waals surface area (Å²) in [4.78, 5) is 11.7. The maximum Gasteiger partial charge on any atom is 0.250 e. The Morgan fingerprint density at radius 2 is 2.11 bits per heavy atom. The van der Waals surface area contributed by atoms with E-state index in [1.807, 2.05) is 37.3 Å². The number of rotatable bonds is 5. The fourth-order valence-electron chi connectivity index (χ4n) is 1.82. The predicted octanol–water partition coefficient (Wildman–Crippen LogP) is 1.69. The minimum Gasteiger partial charge on any atom is -0.492 e. The second kappa shape index (κ2) is 6.20. The van der Waals surface area contributed by atoms with Crippen LogP contribution in [0.5, 0.6) is 5.75 Å². The third-order valence-electron chi connectivity index (χ3n) is 2.89. The Balaban J connectivity index is 1.94. The Labute approximate surface area is 112 Å². The van der Waals surface area contributed by atoms with Gasteiger partial charge in [0.25, 0.3) is 5.56 Å². The van der Waals surface area contributed by atoms with Gasteiger partial charge in [-0.05, 0) is 36.2 Å². The van der Waals surface area contributed by atoms with E-state index < -0.39 is 0 Å². The van der Waals surface area contributed by atoms with Gasteiger partial charge >= 0.3 is 0 Å². The first kappa shape index (κ1) is 13.4. The summed E-state index contributed by atoms with van der Waals surface area (Å²) < 4.78 is 7.26. The quantitative estimate of drug-likeness (QED) is 0.888. The molecule has 0 radical (unpaired) electrons. The summed E-state index contributed by atoms with van der Waals surface area (Å²) in [6, 6.07) is 11.2. The molecule has 4 heteroatoms. The molecule has 19 heavy (non-hydrogen) atoms. The molecule has 2 N–H and O–H groups in total. The molecule has 0 atom stereocenters. The molecule has 0 saturated heterocycles. The highest BCUT2D eigenvalue weighted by atomic mass is 16.5. The average Bonchev–Trinajstić information content (AvgIpc) is 2.41. The van der Waals surface area contributed by atoms with Gasteiger partial charge in [-0.1, -0.05) is 12.1 Å². The lowest BCUT2D eigenvalue weighted by Crippen LogP contribution is -2.22. The molecule has 0 amide bonds. The van der Waals surface area contributed by atoms with E-state index in [0.717, 1.165) is 16.9 Å². The summed E-state index contributed by atoms with van der Waals surface area (Å²) in [5, 5.41) is 0. The van der Waals surface area contributed by atoms with Gasteiger partial charge in [0, 0.05) is 18.8 Å². The highest BCUT2D eigenvalue weighted by Crippen LogP contribution is 2.12. The van der Waals surface area contributed by atoms with Crippen LogP contribution in [0.1, 0.15) is 11.1 Å². The Hall–Kier alpha value is -2.07. The number of aromatic nitrogens is 1. The zero-order valence-corrected chi connectivity index (χ0v) is 11.0. The van der Waals surface area contributed by atoms with Crippen LogP contribution in [0, 0.1) is 6.92 Å². The number of hydrogen-bond donors (Lipinski definition) is 1. The lowest BCUT2D eigenvalue weighted by atomic mass is 10.2. The molecule has 0 unspecified atom stereocenters. The molecule has 1 aromatic heterocycles. The van der Waals surface area contributed by atoms with Gasteiger partial charge < -0.3 is 15.0 Å². The standard InChI is InChI=1S/C15H18N2O2/c1-12-5-6-17(15(18)9-12)7-8-19-14-4-2-3-13(10-14)11-16/h2-6,9-10H,7-8,11,16H2,1H3. The average molecular weight is 258 g/mol. The molecule has 1 heterocycles. The second-order valence-electron chi connectivity index (χ2n) is 4.44. The maximum absolute atomic E-state index is 11.7. The number of nitrogens with two attached hydrogens (primary N) is 1. The van der Waals surface area contributed by atoms with Crippen molar-refractivity contribution in [2.45, 2.75) is 20.0 Å². The van der Waals surface area contributed by atoms with Crippen LogP contribution in [0.4, 0.5) is 0 Å². The van der Waals surface area contributed by atoms with Crippen LogP contribution in [0.2, 0.25) is 0 Å². The molecule has 0 spiro atoms. The topological polar surface area (TPSA) is 57.2 Å². The van der Waals surface area contributed by atoms with Crippen LogP contribution >= 0.6 is 0 Å². The monoisotopic (exact) mass is 258 g/mol. The van der Waals surface area contributed by atoms with Crippen molar-refractivity contribution in [2.75, 3.05) is 6.61 Å². The van der Waals surface area contributed by atoms with Crippen LogP contribution in [0.3, 0.4) is 0 Å². The number of pyridine rings is 1. The highest BCUT2D eigenvalue weighted by molar-refractivity contribution is 5.28. The number of nitrogens with zero attached hydrogens (tertiary/aromatic N) is 1. The molecule has 1 aromatic carbocycles. The Kier molecular flexibility index (Phi) is 4.36. The van der Waals surface area contributed by atoms with E-state index in [0.29, 0.717) is 19.7 Å². The van der Waals surface area contributed by atoms with E-state index in [4.69, 9.17) is 10.5 Å². The maximum atomic E-state index is 11.7. The van der Waals surface area contributed by atoms with Crippen molar-refractivity contribution < 1.29 is 4.74 Å². The fraction of sp³-hybridized carbons (Fsp3) is 0.267. The summed E-state index contributed by atoms with van der Waals surface area (Å²) in [5.41, 5.74) is 7.57. The Morgan fingerprint density at radius 3 is 2.84 bits per heavy atom. The van der Waals surface area contributed by atoms with E-state index in [2.05, 4.69) is 0 Å². The first-order valence-electron chi connectivity index (χ1n) is 6.28. The van der Waals surface area contributed by atoms with Crippen molar-refractivity contribution in [3.05, 3.63) is 64.1 Å². The van der Waals surface area contributed by atoms with Gasteiger partial charge in [0.15, 0.2) is 0 Å². The van der Waals surface area contributed by atoms with Crippen molar-refractivity contribution in [1.82, 2.24) is 4.57 Å². The molecule has 0 aliphatic rings. The lowest BCUT2D eigenvalue weighted by Gasteiger charge is -2.09. The van der Waals surface area contributed by atoms with E-state index in [1.54, 1.807) is 16.8 Å². The molecule has 2 aromatic rings. The number of ether oxygens (including phenoxy) is 1. The molecular weight excluding hydrogens is 240 g/mol. The first-order valence-corrected chi connectivity index (χ1v) is 6.28. The van der Waals surface area contributed by atoms with Gasteiger partial charge in [0.05, 0.1) is 6.54 Å². The lowest BCUT2D eigenvalue weighted by molar-refractivity contribution is 0.296. The molecule has 2 rings (SSSR count). The largest absolute Gasteiger partial charge is 0.492 e. The molecule has 0 aliphatic carbocycles. The molecule has 0 bridgehead atoms. The zero-order chi connectivity index (χ0) is 13.7. The van der Waals surface area contributed by atoms with Gasteiger partial charge in [-0.3, -0.25) is 4.79 Å². The third-order valence-corrected chi connectivity index (χ3v) is 2.89. The van der Waals surface area contributed by atoms with Crippen molar-refractivity contribution in [3.63, 3.8) is 0 Å². The van der Waals surface area contributed by atoms with Crippen LogP contribution < -0.4 is 16.0 Å². The summed E-state index contributed by atoms with van der Waals surface area (Å²) in [7, 11) is 0. The van der Waals surface area contributed by atoms with E-state index in [-0.39, 0.29) is 5.56 Å². The van der Waals surface area contributed by atoms with E-state index >= 15 is 0 Å². The fourth-order valence-corrected chi connectivity index (χ4v) is 1.82. The smallest absolute Gasteiger partial charge is 0.250 e. The highest BCUT2D eigenvalue weighted by Gasteiger charge is 1.98. The third kappa shape index (κ3) is 3.69. The second-order valence-corrected chi connectivity index (χ2v) is 4.44. The minimum atomic E-state index is -0.000640. The van der Waals surface area contributed by atoms with Gasteiger partial charge in [0.2, 0.25) is 0 Å². The Morgan fingerprint density at radius 1 is 1.26 bits per heavy atom. The van der Waals surface area contributed by atoms with Crippen molar-refractivity contribution >= 4 is 0 Å². The number of aryl methyl sites for hydroxylation is 1. The summed E-state index contributed by atoms with van der Waals surface area (Å²) in [6.45, 7) is 3.39. The van der Waals surface area contributed by atoms with Crippen molar-refractivity contribution in [2.24, 2.45) is 5.73 Å². The first-order chi connectivity index (χ1) is 9.19. The van der Waals surface area contributed by atoms with Gasteiger partial charge in [0.1, 0.15) is 12.4 Å². The Bertz CT molecular complexity index is 605. The van der Waals surface area contributed by atoms with Crippen molar-refractivity contribution in [3.8, 4) is 5.75 Å². The van der Waals surface area contributed by atoms with Crippen LogP contribution in [0.25, 0.3) is 0 Å². The summed E-state index contributed by atoms with van der Waals surface area (Å²) in [5.74, 6) is 0.781. The molecule has 100 valence electrons. The number of benzene rings is 1. The molecule has 0 saturated carbocycles. The van der Waals surface area contributed by atoms with Gasteiger partial charge in [-0.15, -0.1) is 0 Å². The molecular formula is C15H18N2O2. The van der Waals surface area contributed by atoms with Crippen LogP contribution in [0.15, 0.2) is 47.4 Å². The van der Waals surface area contributed by atoms with Gasteiger partial charge in [-0.2, -0.15) is 0 Å². The van der Waals surface area contributed by atoms with Crippen molar-refractivity contribution in [1.29, 1.82) is 0 Å². The summed E-state index contributed by atoms with van der Waals surface area (Å²) in [6.07, 6.45) is 1.79. The zero-order valence-electron chi connectivity index (χ0n) is 11.0. The minimum absolute atomic E-state index is 0.000640. The predicted molar refractivity (Wildman–Crippen MR) is 75.3 cm³/mol. The molecule has 0 aliphatic heterocycles. The normalized spacial score (nSPS) is 10.4. The van der Waals surface area contributed by atoms with Crippen LogP contribution in [-0.4, -0.2) is 11.2 Å². The molecule has 4 nitrogen and oxygen atoms in total. The summed E-state index contributed by atoms with van der Waals surface area (Å²) >= 11 is 0. The SMILES string of the molecule is Cc1ccn(CCOc2cccc(CN)c2)c(=O)c1. The van der Waals surface area contributed by atoms with E-state index in [1.165, 1.54) is 0 Å². The number of hydrogen-bond acceptors (Lipinski definition) is 3. The van der Waals surface area contributed by atoms with Crippen LogP contribution in [-0.2, 0) is 13.1 Å².